The van der Waals surface area contributed by atoms with Crippen LogP contribution in [-0.2, 0) is 22.4 Å². The third kappa shape index (κ3) is 4.19. The van der Waals surface area contributed by atoms with Gasteiger partial charge in [0.15, 0.2) is 0 Å². The van der Waals surface area contributed by atoms with Gasteiger partial charge in [-0.05, 0) is 65.8 Å². The van der Waals surface area contributed by atoms with Gasteiger partial charge < -0.3 is 9.80 Å². The number of fused-ring (bicyclic) bond motifs is 1. The van der Waals surface area contributed by atoms with E-state index in [2.05, 4.69) is 30.5 Å². The molecule has 160 valence electrons. The van der Waals surface area contributed by atoms with E-state index in [0.717, 1.165) is 24.1 Å². The Kier molecular flexibility index (Phi) is 5.67. The van der Waals surface area contributed by atoms with Gasteiger partial charge in [0.05, 0.1) is 12.5 Å². The molecule has 0 bridgehead atoms. The molecule has 31 heavy (non-hydrogen) atoms. The number of aryl methyl sites for hydroxylation is 1. The molecule has 4 nitrogen and oxygen atoms in total. The van der Waals surface area contributed by atoms with Gasteiger partial charge >= 0.3 is 0 Å². The van der Waals surface area contributed by atoms with Gasteiger partial charge in [-0.3, -0.25) is 9.59 Å². The molecule has 3 heterocycles. The zero-order valence-corrected chi connectivity index (χ0v) is 19.3. The van der Waals surface area contributed by atoms with E-state index in [-0.39, 0.29) is 30.4 Å². The summed E-state index contributed by atoms with van der Waals surface area (Å²) < 4.78 is 0. The Morgan fingerprint density at radius 3 is 2.61 bits per heavy atom. The highest BCUT2D eigenvalue weighted by molar-refractivity contribution is 7.10. The Labute approximate surface area is 191 Å². The van der Waals surface area contributed by atoms with E-state index in [1.165, 1.54) is 21.6 Å². The van der Waals surface area contributed by atoms with Crippen molar-refractivity contribution in [1.82, 2.24) is 9.80 Å². The lowest BCUT2D eigenvalue weighted by molar-refractivity contribution is -0.141. The highest BCUT2D eigenvalue weighted by Crippen LogP contribution is 2.39. The van der Waals surface area contributed by atoms with E-state index in [1.807, 2.05) is 39.4 Å². The predicted octanol–water partition coefficient (Wildman–Crippen LogP) is 4.83. The van der Waals surface area contributed by atoms with Crippen LogP contribution in [0.4, 0.5) is 0 Å². The van der Waals surface area contributed by atoms with E-state index in [0.29, 0.717) is 13.0 Å². The number of benzene rings is 1. The minimum absolute atomic E-state index is 0.0523. The van der Waals surface area contributed by atoms with Gasteiger partial charge in [-0.15, -0.1) is 22.7 Å². The zero-order chi connectivity index (χ0) is 21.4. The molecular formula is C25H26N2O2S2. The molecule has 1 saturated carbocycles. The lowest BCUT2D eigenvalue weighted by atomic mass is 9.90. The molecule has 0 N–H and O–H groups in total. The first-order chi connectivity index (χ1) is 15.1. The van der Waals surface area contributed by atoms with Gasteiger partial charge in [0.25, 0.3) is 0 Å². The van der Waals surface area contributed by atoms with E-state index >= 15 is 0 Å². The van der Waals surface area contributed by atoms with Crippen molar-refractivity contribution in [3.63, 3.8) is 0 Å². The average molecular weight is 451 g/mol. The number of thiophene rings is 2. The monoisotopic (exact) mass is 450 g/mol. The summed E-state index contributed by atoms with van der Waals surface area (Å²) in [5.41, 5.74) is 3.61. The topological polar surface area (TPSA) is 40.6 Å². The predicted molar refractivity (Wildman–Crippen MR) is 126 cm³/mol. The number of hydrogen-bond acceptors (Lipinski definition) is 4. The van der Waals surface area contributed by atoms with E-state index in [9.17, 15) is 9.59 Å². The summed E-state index contributed by atoms with van der Waals surface area (Å²) in [6.45, 7) is 2.99. The second-order valence-corrected chi connectivity index (χ2v) is 10.4. The molecule has 0 saturated heterocycles. The van der Waals surface area contributed by atoms with Crippen molar-refractivity contribution in [3.8, 4) is 0 Å². The minimum atomic E-state index is -0.0721. The summed E-state index contributed by atoms with van der Waals surface area (Å²) in [4.78, 5) is 32.9. The van der Waals surface area contributed by atoms with Crippen molar-refractivity contribution in [1.29, 1.82) is 0 Å². The van der Waals surface area contributed by atoms with Crippen LogP contribution in [0, 0.1) is 6.92 Å². The third-order valence-corrected chi connectivity index (χ3v) is 8.16. The number of carbonyl (C=O) groups excluding carboxylic acids is 2. The Balaban J connectivity index is 1.40. The number of nitrogens with zero attached hydrogens (tertiary/aromatic N) is 2. The maximum absolute atomic E-state index is 13.6. The summed E-state index contributed by atoms with van der Waals surface area (Å²) in [6, 6.07) is 14.6. The second-order valence-electron chi connectivity index (χ2n) is 8.40. The molecule has 3 aromatic rings. The van der Waals surface area contributed by atoms with Gasteiger partial charge in [0, 0.05) is 22.3 Å². The van der Waals surface area contributed by atoms with Crippen molar-refractivity contribution in [3.05, 3.63) is 79.7 Å². The summed E-state index contributed by atoms with van der Waals surface area (Å²) in [5.74, 6) is 0.121. The fourth-order valence-corrected chi connectivity index (χ4v) is 6.12. The number of rotatable bonds is 6. The van der Waals surface area contributed by atoms with Gasteiger partial charge in [-0.25, -0.2) is 0 Å². The maximum Gasteiger partial charge on any atom is 0.243 e. The fourth-order valence-electron chi connectivity index (χ4n) is 4.52. The van der Waals surface area contributed by atoms with Crippen LogP contribution in [-0.4, -0.2) is 40.7 Å². The van der Waals surface area contributed by atoms with Crippen LogP contribution in [0.1, 0.15) is 45.3 Å². The quantitative estimate of drug-likeness (QED) is 0.540. The van der Waals surface area contributed by atoms with Crippen molar-refractivity contribution >= 4 is 34.5 Å². The van der Waals surface area contributed by atoms with E-state index < -0.39 is 0 Å². The Morgan fingerprint density at radius 1 is 1.03 bits per heavy atom. The van der Waals surface area contributed by atoms with Gasteiger partial charge in [0.2, 0.25) is 11.8 Å². The van der Waals surface area contributed by atoms with Gasteiger partial charge in [-0.2, -0.15) is 0 Å². The van der Waals surface area contributed by atoms with Crippen molar-refractivity contribution in [2.45, 2.75) is 44.7 Å². The smallest absolute Gasteiger partial charge is 0.243 e. The van der Waals surface area contributed by atoms with Crippen molar-refractivity contribution in [2.75, 3.05) is 13.1 Å². The molecular weight excluding hydrogens is 424 g/mol. The molecule has 2 amide bonds. The molecule has 0 spiro atoms. The first-order valence-electron chi connectivity index (χ1n) is 10.8. The second kappa shape index (κ2) is 8.60. The zero-order valence-electron chi connectivity index (χ0n) is 17.6. The van der Waals surface area contributed by atoms with Crippen LogP contribution in [0.3, 0.4) is 0 Å². The molecule has 1 unspecified atom stereocenters. The van der Waals surface area contributed by atoms with Crippen LogP contribution in [0.2, 0.25) is 0 Å². The van der Waals surface area contributed by atoms with Crippen LogP contribution in [0.15, 0.2) is 53.2 Å². The molecule has 1 aromatic carbocycles. The Bertz CT molecular complexity index is 1080. The number of carbonyl (C=O) groups is 2. The molecule has 5 rings (SSSR count). The minimum Gasteiger partial charge on any atom is -0.330 e. The van der Waals surface area contributed by atoms with Crippen molar-refractivity contribution < 1.29 is 9.59 Å². The highest BCUT2D eigenvalue weighted by atomic mass is 32.1. The first-order valence-corrected chi connectivity index (χ1v) is 12.6. The summed E-state index contributed by atoms with van der Waals surface area (Å²) in [7, 11) is 0. The molecule has 6 heteroatoms. The summed E-state index contributed by atoms with van der Waals surface area (Å²) >= 11 is 3.38. The summed E-state index contributed by atoms with van der Waals surface area (Å²) in [6.07, 6.45) is 3.27. The molecule has 1 aliphatic heterocycles. The van der Waals surface area contributed by atoms with Crippen LogP contribution in [0.5, 0.6) is 0 Å². The van der Waals surface area contributed by atoms with E-state index in [4.69, 9.17) is 0 Å². The largest absolute Gasteiger partial charge is 0.330 e. The Hall–Kier alpha value is -2.44. The average Bonchev–Trinajstić information content (AvgIpc) is 3.26. The molecule has 0 radical (unpaired) electrons. The molecule has 1 fully saturated rings. The third-order valence-electron chi connectivity index (χ3n) is 6.29. The van der Waals surface area contributed by atoms with Gasteiger partial charge in [0.1, 0.15) is 6.54 Å². The van der Waals surface area contributed by atoms with E-state index in [1.54, 1.807) is 22.7 Å². The molecule has 1 aliphatic carbocycles. The molecule has 2 aliphatic rings. The van der Waals surface area contributed by atoms with Crippen LogP contribution >= 0.6 is 22.7 Å². The summed E-state index contributed by atoms with van der Waals surface area (Å²) in [5, 5.41) is 4.12. The fraction of sp³-hybridized carbons (Fsp3) is 0.360. The lowest BCUT2D eigenvalue weighted by Crippen LogP contribution is -2.47. The highest BCUT2D eigenvalue weighted by Gasteiger charge is 2.38. The number of hydrogen-bond donors (Lipinski definition) is 0. The van der Waals surface area contributed by atoms with Crippen LogP contribution in [0.25, 0.3) is 0 Å². The van der Waals surface area contributed by atoms with Crippen LogP contribution < -0.4 is 0 Å². The molecule has 1 atom stereocenters. The standard InChI is InChI=1S/C25H26N2O2S2/c1-17-5-2-3-7-20(17)25-21-11-14-31-22(21)10-12-26(25)24(29)16-27(18-8-9-18)23(28)15-19-6-4-13-30-19/h2-7,11,13-14,18,25H,8-10,12,15-16H2,1H3. The SMILES string of the molecule is Cc1ccccc1C1c2ccsc2CCN1C(=O)CN(C(=O)Cc1cccs1)C1CC1. The lowest BCUT2D eigenvalue weighted by Gasteiger charge is -2.38. The maximum atomic E-state index is 13.6. The molecule has 2 aromatic heterocycles. The van der Waals surface area contributed by atoms with Crippen molar-refractivity contribution in [2.24, 2.45) is 0 Å². The normalized spacial score (nSPS) is 18.0. The number of amides is 2. The van der Waals surface area contributed by atoms with Gasteiger partial charge in [-0.1, -0.05) is 30.3 Å². The Morgan fingerprint density at radius 2 is 1.87 bits per heavy atom. The first kappa shape index (κ1) is 20.5.